The molecule has 3 nitrogen and oxygen atoms in total. The van der Waals surface area contributed by atoms with Crippen LogP contribution in [-0.2, 0) is 5.41 Å². The lowest BCUT2D eigenvalue weighted by Crippen LogP contribution is -2.39. The van der Waals surface area contributed by atoms with Gasteiger partial charge in [0.1, 0.15) is 0 Å². The molecule has 0 radical (unpaired) electrons. The zero-order chi connectivity index (χ0) is 14.0. The molecule has 0 spiro atoms. The Morgan fingerprint density at radius 1 is 1.40 bits per heavy atom. The molecule has 20 heavy (non-hydrogen) atoms. The first kappa shape index (κ1) is 13.9. The Morgan fingerprint density at radius 3 is 2.80 bits per heavy atom. The van der Waals surface area contributed by atoms with E-state index in [9.17, 15) is 0 Å². The monoisotopic (exact) mass is 335 g/mol. The van der Waals surface area contributed by atoms with Gasteiger partial charge in [0, 0.05) is 22.5 Å². The highest BCUT2D eigenvalue weighted by Gasteiger charge is 2.44. The molecule has 2 N–H and O–H groups in total. The summed E-state index contributed by atoms with van der Waals surface area (Å²) in [6.45, 7) is 3.92. The highest BCUT2D eigenvalue weighted by Crippen LogP contribution is 2.48. The first-order valence-corrected chi connectivity index (χ1v) is 8.32. The van der Waals surface area contributed by atoms with E-state index in [2.05, 4.69) is 57.8 Å². The van der Waals surface area contributed by atoms with Crippen molar-refractivity contribution >= 4 is 21.9 Å². The molecule has 108 valence electrons. The van der Waals surface area contributed by atoms with Crippen LogP contribution in [-0.4, -0.2) is 25.1 Å². The third-order valence-electron chi connectivity index (χ3n) is 4.09. The van der Waals surface area contributed by atoms with E-state index in [0.29, 0.717) is 6.04 Å². The summed E-state index contributed by atoms with van der Waals surface area (Å²) < 4.78 is 1.16. The lowest BCUT2D eigenvalue weighted by Gasteiger charge is -2.16. The molecule has 0 heterocycles. The van der Waals surface area contributed by atoms with E-state index in [1.165, 1.54) is 31.2 Å². The molecule has 0 aromatic heterocycles. The Bertz CT molecular complexity index is 504. The van der Waals surface area contributed by atoms with Gasteiger partial charge in [-0.05, 0) is 50.3 Å². The number of halogens is 1. The minimum Gasteiger partial charge on any atom is -0.357 e. The van der Waals surface area contributed by atoms with Crippen LogP contribution in [0.25, 0.3) is 0 Å². The number of rotatable bonds is 5. The SMILES string of the molecule is CCNC(=NCC1(c2cccc(Br)c2)CC1)NC1CC1. The van der Waals surface area contributed by atoms with Gasteiger partial charge in [-0.15, -0.1) is 0 Å². The molecule has 1 aromatic rings. The molecular weight excluding hydrogens is 314 g/mol. The molecule has 0 unspecified atom stereocenters. The zero-order valence-electron chi connectivity index (χ0n) is 12.0. The van der Waals surface area contributed by atoms with Gasteiger partial charge in [-0.1, -0.05) is 28.1 Å². The number of aliphatic imine (C=N–C) groups is 1. The van der Waals surface area contributed by atoms with Crippen molar-refractivity contribution in [1.82, 2.24) is 10.6 Å². The van der Waals surface area contributed by atoms with Crippen molar-refractivity contribution < 1.29 is 0 Å². The number of hydrogen-bond acceptors (Lipinski definition) is 1. The summed E-state index contributed by atoms with van der Waals surface area (Å²) in [6, 6.07) is 9.32. The predicted molar refractivity (Wildman–Crippen MR) is 87.2 cm³/mol. The Kier molecular flexibility index (Phi) is 4.01. The Morgan fingerprint density at radius 2 is 2.20 bits per heavy atom. The molecule has 0 aliphatic heterocycles. The van der Waals surface area contributed by atoms with E-state index in [-0.39, 0.29) is 5.41 Å². The smallest absolute Gasteiger partial charge is 0.191 e. The van der Waals surface area contributed by atoms with Gasteiger partial charge in [0.2, 0.25) is 0 Å². The standard InChI is InChI=1S/C16H22BrN3/c1-2-18-15(20-14-6-7-14)19-11-16(8-9-16)12-4-3-5-13(17)10-12/h3-5,10,14H,2,6-9,11H2,1H3,(H2,18,19,20). The maximum Gasteiger partial charge on any atom is 0.191 e. The number of hydrogen-bond donors (Lipinski definition) is 2. The second-order valence-corrected chi connectivity index (χ2v) is 6.82. The maximum atomic E-state index is 4.81. The maximum absolute atomic E-state index is 4.81. The summed E-state index contributed by atoms with van der Waals surface area (Å²) in [5, 5.41) is 6.83. The summed E-state index contributed by atoms with van der Waals surface area (Å²) >= 11 is 3.57. The quantitative estimate of drug-likeness (QED) is 0.640. The third kappa shape index (κ3) is 3.35. The lowest BCUT2D eigenvalue weighted by atomic mass is 9.96. The van der Waals surface area contributed by atoms with Gasteiger partial charge in [-0.25, -0.2) is 0 Å². The van der Waals surface area contributed by atoms with E-state index >= 15 is 0 Å². The second-order valence-electron chi connectivity index (χ2n) is 5.90. The summed E-state index contributed by atoms with van der Waals surface area (Å²) in [5.41, 5.74) is 1.69. The van der Waals surface area contributed by atoms with E-state index in [1.807, 2.05) is 0 Å². The molecule has 4 heteroatoms. The minimum absolute atomic E-state index is 0.273. The Balaban J connectivity index is 1.68. The van der Waals surface area contributed by atoms with Crippen molar-refractivity contribution in [3.8, 4) is 0 Å². The summed E-state index contributed by atoms with van der Waals surface area (Å²) in [7, 11) is 0. The van der Waals surface area contributed by atoms with E-state index in [4.69, 9.17) is 4.99 Å². The number of nitrogens with one attached hydrogen (secondary N) is 2. The van der Waals surface area contributed by atoms with Crippen LogP contribution in [0.5, 0.6) is 0 Å². The molecule has 0 saturated heterocycles. The molecule has 2 aliphatic rings. The van der Waals surface area contributed by atoms with Crippen LogP contribution in [0.1, 0.15) is 38.2 Å². The normalized spacial score (nSPS) is 20.6. The fourth-order valence-corrected chi connectivity index (χ4v) is 2.88. The molecule has 0 bridgehead atoms. The molecule has 2 saturated carbocycles. The van der Waals surface area contributed by atoms with E-state index in [1.54, 1.807) is 0 Å². The van der Waals surface area contributed by atoms with Crippen LogP contribution in [0.3, 0.4) is 0 Å². The third-order valence-corrected chi connectivity index (χ3v) is 4.59. The zero-order valence-corrected chi connectivity index (χ0v) is 13.5. The van der Waals surface area contributed by atoms with Crippen LogP contribution in [0, 0.1) is 0 Å². The van der Waals surface area contributed by atoms with Crippen LogP contribution >= 0.6 is 15.9 Å². The first-order chi connectivity index (χ1) is 9.72. The highest BCUT2D eigenvalue weighted by molar-refractivity contribution is 9.10. The van der Waals surface area contributed by atoms with Crippen molar-refractivity contribution in [2.75, 3.05) is 13.1 Å². The van der Waals surface area contributed by atoms with E-state index in [0.717, 1.165) is 23.5 Å². The topological polar surface area (TPSA) is 36.4 Å². The van der Waals surface area contributed by atoms with Crippen molar-refractivity contribution in [3.63, 3.8) is 0 Å². The van der Waals surface area contributed by atoms with Gasteiger partial charge < -0.3 is 10.6 Å². The first-order valence-electron chi connectivity index (χ1n) is 7.53. The van der Waals surface area contributed by atoms with Crippen LogP contribution in [0.15, 0.2) is 33.7 Å². The Hall–Kier alpha value is -1.03. The van der Waals surface area contributed by atoms with Gasteiger partial charge in [0.25, 0.3) is 0 Å². The molecule has 1 aromatic carbocycles. The Labute approximate surface area is 129 Å². The minimum atomic E-state index is 0.273. The molecule has 2 fully saturated rings. The number of nitrogens with zero attached hydrogens (tertiary/aromatic N) is 1. The highest BCUT2D eigenvalue weighted by atomic mass is 79.9. The predicted octanol–water partition coefficient (Wildman–Crippen LogP) is 3.20. The van der Waals surface area contributed by atoms with Crippen molar-refractivity contribution in [2.24, 2.45) is 4.99 Å². The average molecular weight is 336 g/mol. The van der Waals surface area contributed by atoms with Crippen molar-refractivity contribution in [2.45, 2.75) is 44.1 Å². The fourth-order valence-electron chi connectivity index (χ4n) is 2.48. The molecule has 3 rings (SSSR count). The van der Waals surface area contributed by atoms with Crippen LogP contribution in [0.4, 0.5) is 0 Å². The summed E-state index contributed by atoms with van der Waals surface area (Å²) in [4.78, 5) is 4.81. The van der Waals surface area contributed by atoms with Crippen molar-refractivity contribution in [1.29, 1.82) is 0 Å². The molecule has 0 atom stereocenters. The van der Waals surface area contributed by atoms with Gasteiger partial charge in [0.15, 0.2) is 5.96 Å². The van der Waals surface area contributed by atoms with Crippen LogP contribution in [0.2, 0.25) is 0 Å². The van der Waals surface area contributed by atoms with Gasteiger partial charge in [-0.2, -0.15) is 0 Å². The fraction of sp³-hybridized carbons (Fsp3) is 0.562. The lowest BCUT2D eigenvalue weighted by molar-refractivity contribution is 0.692. The van der Waals surface area contributed by atoms with Gasteiger partial charge in [-0.3, -0.25) is 4.99 Å². The summed E-state index contributed by atoms with van der Waals surface area (Å²) in [6.07, 6.45) is 5.05. The molecule has 2 aliphatic carbocycles. The molecular formula is C16H22BrN3. The molecule has 0 amide bonds. The van der Waals surface area contributed by atoms with Crippen molar-refractivity contribution in [3.05, 3.63) is 34.3 Å². The largest absolute Gasteiger partial charge is 0.357 e. The van der Waals surface area contributed by atoms with Gasteiger partial charge >= 0.3 is 0 Å². The second kappa shape index (κ2) is 5.76. The number of guanidine groups is 1. The average Bonchev–Trinajstić information content (AvgIpc) is 3.33. The summed E-state index contributed by atoms with van der Waals surface area (Å²) in [5.74, 6) is 0.983. The van der Waals surface area contributed by atoms with Gasteiger partial charge in [0.05, 0.1) is 6.54 Å². The number of benzene rings is 1. The van der Waals surface area contributed by atoms with Crippen LogP contribution < -0.4 is 10.6 Å². The van der Waals surface area contributed by atoms with E-state index < -0.39 is 0 Å².